The molecular weight excluding hydrogens is 226 g/mol. The first-order chi connectivity index (χ1) is 7.63. The van der Waals surface area contributed by atoms with Crippen LogP contribution in [0.15, 0.2) is 29.2 Å². The molecule has 0 aromatic heterocycles. The maximum Gasteiger partial charge on any atom is 0.241 e. The molecule has 0 spiro atoms. The van der Waals surface area contributed by atoms with E-state index < -0.39 is 10.0 Å². The van der Waals surface area contributed by atoms with Gasteiger partial charge in [0, 0.05) is 6.04 Å². The van der Waals surface area contributed by atoms with Gasteiger partial charge in [0.2, 0.25) is 10.0 Å². The van der Waals surface area contributed by atoms with Gasteiger partial charge < -0.3 is 5.11 Å². The van der Waals surface area contributed by atoms with E-state index in [4.69, 9.17) is 5.11 Å². The zero-order valence-electron chi connectivity index (χ0n) is 8.89. The Morgan fingerprint density at radius 3 is 2.56 bits per heavy atom. The van der Waals surface area contributed by atoms with Gasteiger partial charge in [0.25, 0.3) is 0 Å². The van der Waals surface area contributed by atoms with Crippen LogP contribution in [-0.4, -0.2) is 19.6 Å². The first-order valence-electron chi connectivity index (χ1n) is 5.34. The largest absolute Gasteiger partial charge is 0.392 e. The smallest absolute Gasteiger partial charge is 0.241 e. The molecule has 1 saturated carbocycles. The third-order valence-corrected chi connectivity index (χ3v) is 4.48. The number of aliphatic hydroxyl groups excluding tert-OH is 1. The quantitative estimate of drug-likeness (QED) is 0.826. The van der Waals surface area contributed by atoms with E-state index in [2.05, 4.69) is 4.72 Å². The third-order valence-electron chi connectivity index (χ3n) is 2.86. The van der Waals surface area contributed by atoms with Crippen molar-refractivity contribution in [2.45, 2.75) is 36.8 Å². The van der Waals surface area contributed by atoms with E-state index in [-0.39, 0.29) is 17.5 Å². The molecule has 2 rings (SSSR count). The van der Waals surface area contributed by atoms with Crippen LogP contribution in [-0.2, 0) is 16.6 Å². The first-order valence-corrected chi connectivity index (χ1v) is 6.83. The van der Waals surface area contributed by atoms with E-state index in [0.29, 0.717) is 5.56 Å². The lowest BCUT2D eigenvalue weighted by molar-refractivity contribution is 0.278. The fourth-order valence-electron chi connectivity index (χ4n) is 1.71. The Morgan fingerprint density at radius 2 is 2.00 bits per heavy atom. The maximum atomic E-state index is 12.0. The van der Waals surface area contributed by atoms with Crippen LogP contribution >= 0.6 is 0 Å². The monoisotopic (exact) mass is 241 g/mol. The summed E-state index contributed by atoms with van der Waals surface area (Å²) in [5.74, 6) is 0. The fourth-order valence-corrected chi connectivity index (χ4v) is 3.24. The third kappa shape index (κ3) is 2.26. The Hall–Kier alpha value is -0.910. The summed E-state index contributed by atoms with van der Waals surface area (Å²) in [4.78, 5) is 0.185. The predicted molar refractivity (Wildman–Crippen MR) is 60.3 cm³/mol. The Kier molecular flexibility index (Phi) is 3.28. The Labute approximate surface area is 95.4 Å². The van der Waals surface area contributed by atoms with Crippen molar-refractivity contribution in [3.05, 3.63) is 29.8 Å². The molecule has 1 aliphatic carbocycles. The summed E-state index contributed by atoms with van der Waals surface area (Å²) in [6.45, 7) is -0.262. The van der Waals surface area contributed by atoms with Gasteiger partial charge >= 0.3 is 0 Å². The van der Waals surface area contributed by atoms with Crippen molar-refractivity contribution in [1.29, 1.82) is 0 Å². The molecule has 1 fully saturated rings. The van der Waals surface area contributed by atoms with Gasteiger partial charge in [-0.3, -0.25) is 0 Å². The van der Waals surface area contributed by atoms with Gasteiger partial charge in [-0.15, -0.1) is 0 Å². The van der Waals surface area contributed by atoms with Gasteiger partial charge in [-0.05, 0) is 24.5 Å². The Morgan fingerprint density at radius 1 is 1.31 bits per heavy atom. The van der Waals surface area contributed by atoms with Crippen LogP contribution in [0.4, 0.5) is 0 Å². The van der Waals surface area contributed by atoms with Gasteiger partial charge in [-0.1, -0.05) is 24.6 Å². The number of sulfonamides is 1. The number of hydrogen-bond acceptors (Lipinski definition) is 3. The summed E-state index contributed by atoms with van der Waals surface area (Å²) in [6, 6.07) is 6.58. The van der Waals surface area contributed by atoms with Crippen LogP contribution < -0.4 is 4.72 Å². The zero-order chi connectivity index (χ0) is 11.6. The second-order valence-corrected chi connectivity index (χ2v) is 5.70. The van der Waals surface area contributed by atoms with Crippen molar-refractivity contribution in [2.75, 3.05) is 0 Å². The lowest BCUT2D eigenvalue weighted by Gasteiger charge is -2.26. The molecule has 1 aromatic carbocycles. The SMILES string of the molecule is O=S(=O)(NC1CCC1)c1ccccc1CO. The zero-order valence-corrected chi connectivity index (χ0v) is 9.70. The normalized spacial score (nSPS) is 17.1. The highest BCUT2D eigenvalue weighted by molar-refractivity contribution is 7.89. The molecule has 2 N–H and O–H groups in total. The molecule has 1 aromatic rings. The van der Waals surface area contributed by atoms with E-state index in [1.165, 1.54) is 6.07 Å². The average molecular weight is 241 g/mol. The highest BCUT2D eigenvalue weighted by Crippen LogP contribution is 2.22. The van der Waals surface area contributed by atoms with Gasteiger partial charge in [-0.2, -0.15) is 0 Å². The predicted octanol–water partition coefficient (Wildman–Crippen LogP) is 1.01. The number of aliphatic hydroxyl groups is 1. The van der Waals surface area contributed by atoms with Gasteiger partial charge in [0.1, 0.15) is 0 Å². The Bertz CT molecular complexity index is 466. The fraction of sp³-hybridized carbons (Fsp3) is 0.455. The van der Waals surface area contributed by atoms with Gasteiger partial charge in [0.15, 0.2) is 0 Å². The van der Waals surface area contributed by atoms with Crippen LogP contribution in [0.1, 0.15) is 24.8 Å². The highest BCUT2D eigenvalue weighted by atomic mass is 32.2. The Balaban J connectivity index is 2.27. The molecule has 0 amide bonds. The summed E-state index contributed by atoms with van der Waals surface area (Å²) in [6.07, 6.45) is 2.88. The van der Waals surface area contributed by atoms with Crippen LogP contribution in [0.5, 0.6) is 0 Å². The second kappa shape index (κ2) is 4.53. The minimum absolute atomic E-state index is 0.0664. The number of nitrogens with one attached hydrogen (secondary N) is 1. The van der Waals surface area contributed by atoms with E-state index in [1.54, 1.807) is 18.2 Å². The van der Waals surface area contributed by atoms with Crippen molar-refractivity contribution < 1.29 is 13.5 Å². The van der Waals surface area contributed by atoms with Crippen molar-refractivity contribution in [3.8, 4) is 0 Å². The van der Waals surface area contributed by atoms with Gasteiger partial charge in [0.05, 0.1) is 11.5 Å². The molecule has 88 valence electrons. The summed E-state index contributed by atoms with van der Waals surface area (Å²) >= 11 is 0. The maximum absolute atomic E-state index is 12.0. The van der Waals surface area contributed by atoms with Crippen LogP contribution in [0.3, 0.4) is 0 Å². The van der Waals surface area contributed by atoms with Crippen molar-refractivity contribution in [1.82, 2.24) is 4.72 Å². The van der Waals surface area contributed by atoms with E-state index >= 15 is 0 Å². The molecule has 4 nitrogen and oxygen atoms in total. The molecule has 0 bridgehead atoms. The molecule has 0 radical (unpaired) electrons. The molecule has 0 aliphatic heterocycles. The molecule has 0 saturated heterocycles. The molecule has 0 heterocycles. The second-order valence-electron chi connectivity index (χ2n) is 4.01. The highest BCUT2D eigenvalue weighted by Gasteiger charge is 2.25. The number of hydrogen-bond donors (Lipinski definition) is 2. The van der Waals surface area contributed by atoms with Crippen molar-refractivity contribution in [2.24, 2.45) is 0 Å². The summed E-state index contributed by atoms with van der Waals surface area (Å²) in [5, 5.41) is 9.09. The van der Waals surface area contributed by atoms with Crippen LogP contribution in [0.2, 0.25) is 0 Å². The molecule has 0 atom stereocenters. The van der Waals surface area contributed by atoms with E-state index in [0.717, 1.165) is 19.3 Å². The minimum atomic E-state index is -3.47. The van der Waals surface area contributed by atoms with Gasteiger partial charge in [-0.25, -0.2) is 13.1 Å². The average Bonchev–Trinajstić information content (AvgIpc) is 2.24. The molecule has 1 aliphatic rings. The summed E-state index contributed by atoms with van der Waals surface area (Å²) < 4.78 is 26.6. The van der Waals surface area contributed by atoms with Crippen molar-refractivity contribution in [3.63, 3.8) is 0 Å². The summed E-state index contributed by atoms with van der Waals surface area (Å²) in [7, 11) is -3.47. The molecule has 16 heavy (non-hydrogen) atoms. The first kappa shape index (κ1) is 11.6. The van der Waals surface area contributed by atoms with Crippen molar-refractivity contribution >= 4 is 10.0 Å². The van der Waals surface area contributed by atoms with E-state index in [1.807, 2.05) is 0 Å². The van der Waals surface area contributed by atoms with E-state index in [9.17, 15) is 8.42 Å². The molecular formula is C11H15NO3S. The molecule has 5 heteroatoms. The molecule has 0 unspecified atom stereocenters. The number of rotatable bonds is 4. The van der Waals surface area contributed by atoms with Crippen LogP contribution in [0.25, 0.3) is 0 Å². The summed E-state index contributed by atoms with van der Waals surface area (Å²) in [5.41, 5.74) is 0.439. The number of benzene rings is 1. The lowest BCUT2D eigenvalue weighted by Crippen LogP contribution is -2.39. The standard InChI is InChI=1S/C11H15NO3S/c13-8-9-4-1-2-7-11(9)16(14,15)12-10-5-3-6-10/h1-2,4,7,10,12-13H,3,5-6,8H2. The minimum Gasteiger partial charge on any atom is -0.392 e. The topological polar surface area (TPSA) is 66.4 Å². The van der Waals surface area contributed by atoms with Crippen LogP contribution in [0, 0.1) is 0 Å². The lowest BCUT2D eigenvalue weighted by atomic mass is 9.94.